The van der Waals surface area contributed by atoms with Crippen LogP contribution in [0, 0.1) is 5.92 Å². The second-order valence-corrected chi connectivity index (χ2v) is 4.96. The van der Waals surface area contributed by atoms with Crippen molar-refractivity contribution in [3.63, 3.8) is 0 Å². The summed E-state index contributed by atoms with van der Waals surface area (Å²) in [5.74, 6) is 1.68. The quantitative estimate of drug-likeness (QED) is 0.870. The topological polar surface area (TPSA) is 30.5 Å². The van der Waals surface area contributed by atoms with Gasteiger partial charge in [0.1, 0.15) is 5.75 Å². The fraction of sp³-hybridized carbons (Fsp3) is 0.600. The third kappa shape index (κ3) is 3.72. The lowest BCUT2D eigenvalue weighted by molar-refractivity contribution is 0.0656. The van der Waals surface area contributed by atoms with E-state index in [2.05, 4.69) is 24.4 Å². The molecule has 1 atom stereocenters. The van der Waals surface area contributed by atoms with Crippen LogP contribution < -0.4 is 10.1 Å². The number of rotatable bonds is 5. The molecule has 1 aromatic carbocycles. The Labute approximate surface area is 109 Å². The van der Waals surface area contributed by atoms with Crippen LogP contribution in [0.5, 0.6) is 5.75 Å². The Kier molecular flexibility index (Phi) is 5.02. The molecule has 3 nitrogen and oxygen atoms in total. The highest BCUT2D eigenvalue weighted by Crippen LogP contribution is 2.20. The van der Waals surface area contributed by atoms with Crippen LogP contribution in [-0.4, -0.2) is 26.9 Å². The van der Waals surface area contributed by atoms with Gasteiger partial charge in [0, 0.05) is 19.3 Å². The minimum atomic E-state index is 0.364. The predicted molar refractivity (Wildman–Crippen MR) is 73.0 cm³/mol. The molecule has 1 aliphatic heterocycles. The molecule has 0 radical (unpaired) electrons. The summed E-state index contributed by atoms with van der Waals surface area (Å²) in [6.07, 6.45) is 2.36. The highest BCUT2D eigenvalue weighted by atomic mass is 16.5. The Morgan fingerprint density at radius 2 is 2.17 bits per heavy atom. The summed E-state index contributed by atoms with van der Waals surface area (Å²) in [5.41, 5.74) is 1.28. The Morgan fingerprint density at radius 3 is 2.89 bits per heavy atom. The van der Waals surface area contributed by atoms with Gasteiger partial charge in [-0.2, -0.15) is 0 Å². The minimum Gasteiger partial charge on any atom is -0.497 e. The van der Waals surface area contributed by atoms with E-state index in [1.54, 1.807) is 7.11 Å². The number of hydrogen-bond acceptors (Lipinski definition) is 3. The number of nitrogens with one attached hydrogen (secondary N) is 1. The van der Waals surface area contributed by atoms with Crippen LogP contribution in [0.3, 0.4) is 0 Å². The second kappa shape index (κ2) is 6.76. The Morgan fingerprint density at radius 1 is 1.39 bits per heavy atom. The predicted octanol–water partition coefficient (Wildman–Crippen LogP) is 2.77. The zero-order chi connectivity index (χ0) is 12.8. The van der Waals surface area contributed by atoms with Crippen molar-refractivity contribution in [1.29, 1.82) is 0 Å². The van der Waals surface area contributed by atoms with Gasteiger partial charge in [-0.05, 0) is 49.9 Å². The van der Waals surface area contributed by atoms with Crippen molar-refractivity contribution < 1.29 is 9.47 Å². The van der Waals surface area contributed by atoms with Gasteiger partial charge in [-0.15, -0.1) is 0 Å². The third-order valence-corrected chi connectivity index (χ3v) is 3.65. The van der Waals surface area contributed by atoms with Gasteiger partial charge in [0.15, 0.2) is 0 Å². The molecule has 0 amide bonds. The molecule has 1 saturated heterocycles. The van der Waals surface area contributed by atoms with Crippen molar-refractivity contribution in [2.75, 3.05) is 26.9 Å². The van der Waals surface area contributed by atoms with E-state index in [0.29, 0.717) is 6.04 Å². The zero-order valence-electron chi connectivity index (χ0n) is 11.3. The molecule has 0 aromatic heterocycles. The van der Waals surface area contributed by atoms with E-state index >= 15 is 0 Å². The van der Waals surface area contributed by atoms with E-state index in [0.717, 1.165) is 31.4 Å². The Hall–Kier alpha value is -1.06. The maximum atomic E-state index is 5.38. The normalized spacial score (nSPS) is 18.6. The van der Waals surface area contributed by atoms with Crippen LogP contribution >= 0.6 is 0 Å². The molecular weight excluding hydrogens is 226 g/mol. The van der Waals surface area contributed by atoms with Gasteiger partial charge in [0.05, 0.1) is 7.11 Å². The SMILES string of the molecule is COc1cccc([C@H](C)NCC2CCOCC2)c1. The van der Waals surface area contributed by atoms with Crippen LogP contribution in [-0.2, 0) is 4.74 Å². The summed E-state index contributed by atoms with van der Waals surface area (Å²) in [7, 11) is 1.71. The van der Waals surface area contributed by atoms with Crippen LogP contribution in [0.1, 0.15) is 31.4 Å². The van der Waals surface area contributed by atoms with E-state index < -0.39 is 0 Å². The number of hydrogen-bond donors (Lipinski definition) is 1. The van der Waals surface area contributed by atoms with Crippen molar-refractivity contribution in [3.8, 4) is 5.75 Å². The van der Waals surface area contributed by atoms with Crippen LogP contribution in [0.4, 0.5) is 0 Å². The number of benzene rings is 1. The average Bonchev–Trinajstić information content (AvgIpc) is 2.46. The smallest absolute Gasteiger partial charge is 0.119 e. The summed E-state index contributed by atoms with van der Waals surface area (Å²) < 4.78 is 10.6. The van der Waals surface area contributed by atoms with Crippen LogP contribution in [0.2, 0.25) is 0 Å². The largest absolute Gasteiger partial charge is 0.497 e. The van der Waals surface area contributed by atoms with E-state index in [9.17, 15) is 0 Å². The molecule has 18 heavy (non-hydrogen) atoms. The fourth-order valence-electron chi connectivity index (χ4n) is 2.32. The maximum absolute atomic E-state index is 5.38. The van der Waals surface area contributed by atoms with Crippen LogP contribution in [0.25, 0.3) is 0 Å². The molecule has 1 fully saturated rings. The molecule has 3 heteroatoms. The number of ether oxygens (including phenoxy) is 2. The minimum absolute atomic E-state index is 0.364. The van der Waals surface area contributed by atoms with Crippen molar-refractivity contribution in [2.45, 2.75) is 25.8 Å². The van der Waals surface area contributed by atoms with Crippen LogP contribution in [0.15, 0.2) is 24.3 Å². The summed E-state index contributed by atoms with van der Waals surface area (Å²) in [5, 5.41) is 3.61. The first-order valence-corrected chi connectivity index (χ1v) is 6.74. The van der Waals surface area contributed by atoms with Gasteiger partial charge < -0.3 is 14.8 Å². The lowest BCUT2D eigenvalue weighted by Crippen LogP contribution is -2.29. The molecule has 0 bridgehead atoms. The van der Waals surface area contributed by atoms with Gasteiger partial charge in [0.25, 0.3) is 0 Å². The molecule has 1 aliphatic rings. The molecule has 0 saturated carbocycles. The summed E-state index contributed by atoms with van der Waals surface area (Å²) in [6, 6.07) is 8.63. The molecule has 0 aliphatic carbocycles. The number of methoxy groups -OCH3 is 1. The van der Waals surface area contributed by atoms with Crippen molar-refractivity contribution >= 4 is 0 Å². The zero-order valence-corrected chi connectivity index (χ0v) is 11.3. The molecule has 0 spiro atoms. The van der Waals surface area contributed by atoms with Gasteiger partial charge in [-0.1, -0.05) is 12.1 Å². The first-order valence-electron chi connectivity index (χ1n) is 6.74. The Bertz CT molecular complexity index is 361. The summed E-state index contributed by atoms with van der Waals surface area (Å²) in [4.78, 5) is 0. The van der Waals surface area contributed by atoms with Gasteiger partial charge in [-0.25, -0.2) is 0 Å². The van der Waals surface area contributed by atoms with E-state index in [4.69, 9.17) is 9.47 Å². The van der Waals surface area contributed by atoms with Gasteiger partial charge >= 0.3 is 0 Å². The molecular formula is C15H23NO2. The van der Waals surface area contributed by atoms with Crippen molar-refractivity contribution in [3.05, 3.63) is 29.8 Å². The second-order valence-electron chi connectivity index (χ2n) is 4.96. The van der Waals surface area contributed by atoms with Gasteiger partial charge in [-0.3, -0.25) is 0 Å². The lowest BCUT2D eigenvalue weighted by atomic mass is 9.99. The van der Waals surface area contributed by atoms with E-state index in [1.165, 1.54) is 18.4 Å². The molecule has 100 valence electrons. The fourth-order valence-corrected chi connectivity index (χ4v) is 2.32. The first kappa shape index (κ1) is 13.4. The maximum Gasteiger partial charge on any atom is 0.119 e. The first-order chi connectivity index (χ1) is 8.79. The molecule has 1 heterocycles. The highest BCUT2D eigenvalue weighted by molar-refractivity contribution is 5.30. The lowest BCUT2D eigenvalue weighted by Gasteiger charge is -2.24. The van der Waals surface area contributed by atoms with Gasteiger partial charge in [0.2, 0.25) is 0 Å². The average molecular weight is 249 g/mol. The summed E-state index contributed by atoms with van der Waals surface area (Å²) >= 11 is 0. The standard InChI is InChI=1S/C15H23NO2/c1-12(14-4-3-5-15(10-14)17-2)16-11-13-6-8-18-9-7-13/h3-5,10,12-13,16H,6-9,11H2,1-2H3/t12-/m0/s1. The molecule has 0 unspecified atom stereocenters. The molecule has 1 aromatic rings. The third-order valence-electron chi connectivity index (χ3n) is 3.65. The highest BCUT2D eigenvalue weighted by Gasteiger charge is 2.15. The molecule has 2 rings (SSSR count). The summed E-state index contributed by atoms with van der Waals surface area (Å²) in [6.45, 7) is 5.11. The monoisotopic (exact) mass is 249 g/mol. The van der Waals surface area contributed by atoms with E-state index in [1.807, 2.05) is 12.1 Å². The Balaban J connectivity index is 1.84. The van der Waals surface area contributed by atoms with Crippen molar-refractivity contribution in [2.24, 2.45) is 5.92 Å². The van der Waals surface area contributed by atoms with E-state index in [-0.39, 0.29) is 0 Å². The molecule has 1 N–H and O–H groups in total. The van der Waals surface area contributed by atoms with Crippen molar-refractivity contribution in [1.82, 2.24) is 5.32 Å².